The molecule has 160 valence electrons. The van der Waals surface area contributed by atoms with Gasteiger partial charge in [-0.05, 0) is 50.1 Å². The summed E-state index contributed by atoms with van der Waals surface area (Å²) in [7, 11) is 0. The first-order valence-corrected chi connectivity index (χ1v) is 9.95. The van der Waals surface area contributed by atoms with Crippen molar-refractivity contribution in [1.82, 2.24) is 14.1 Å². The maximum Gasteiger partial charge on any atom is 0.309 e. The number of nitrogens with zero attached hydrogens (tertiary/aromatic N) is 3. The molecule has 0 radical (unpaired) electrons. The average Bonchev–Trinajstić information content (AvgIpc) is 3.32. The monoisotopic (exact) mass is 423 g/mol. The SMILES string of the molecule is Cc1c(CC(C)(C)C(=O)O)n(Cc2ccc(-n3ccnc3)cc2)c2c(F)cc(F)cc12. The summed E-state index contributed by atoms with van der Waals surface area (Å²) in [5, 5.41) is 10.1. The Hall–Kier alpha value is -3.48. The van der Waals surface area contributed by atoms with Crippen LogP contribution in [0.4, 0.5) is 8.78 Å². The van der Waals surface area contributed by atoms with Gasteiger partial charge in [-0.15, -0.1) is 0 Å². The van der Waals surface area contributed by atoms with Gasteiger partial charge in [0.05, 0.1) is 17.3 Å². The van der Waals surface area contributed by atoms with Crippen LogP contribution in [0.5, 0.6) is 0 Å². The number of rotatable bonds is 6. The molecule has 7 heteroatoms. The third-order valence-corrected chi connectivity index (χ3v) is 5.73. The Kier molecular flexibility index (Phi) is 5.13. The van der Waals surface area contributed by atoms with Crippen LogP contribution in [-0.2, 0) is 17.8 Å². The average molecular weight is 423 g/mol. The van der Waals surface area contributed by atoms with Crippen LogP contribution in [0.15, 0.2) is 55.1 Å². The Balaban J connectivity index is 1.81. The van der Waals surface area contributed by atoms with Crippen molar-refractivity contribution in [2.45, 2.75) is 33.7 Å². The minimum absolute atomic E-state index is 0.191. The normalized spacial score (nSPS) is 11.9. The molecular weight excluding hydrogens is 400 g/mol. The van der Waals surface area contributed by atoms with Gasteiger partial charge in [0, 0.05) is 48.2 Å². The fourth-order valence-corrected chi connectivity index (χ4v) is 3.88. The Morgan fingerprint density at radius 1 is 1.16 bits per heavy atom. The molecule has 0 unspecified atom stereocenters. The van der Waals surface area contributed by atoms with Gasteiger partial charge in [0.15, 0.2) is 0 Å². The molecule has 0 saturated heterocycles. The first-order valence-electron chi connectivity index (χ1n) is 9.95. The van der Waals surface area contributed by atoms with Gasteiger partial charge in [-0.2, -0.15) is 0 Å². The highest BCUT2D eigenvalue weighted by molar-refractivity contribution is 5.86. The molecule has 2 aromatic carbocycles. The third kappa shape index (κ3) is 3.83. The second-order valence-electron chi connectivity index (χ2n) is 8.44. The summed E-state index contributed by atoms with van der Waals surface area (Å²) < 4.78 is 32.4. The number of halogens is 2. The molecule has 0 fully saturated rings. The lowest BCUT2D eigenvalue weighted by Crippen LogP contribution is -2.27. The van der Waals surface area contributed by atoms with Crippen molar-refractivity contribution in [2.24, 2.45) is 5.41 Å². The zero-order valence-electron chi connectivity index (χ0n) is 17.6. The summed E-state index contributed by atoms with van der Waals surface area (Å²) in [4.78, 5) is 15.8. The molecule has 4 aromatic rings. The largest absolute Gasteiger partial charge is 0.481 e. The zero-order chi connectivity index (χ0) is 22.3. The lowest BCUT2D eigenvalue weighted by atomic mass is 9.87. The number of fused-ring (bicyclic) bond motifs is 1. The predicted octanol–water partition coefficient (Wildman–Crippen LogP) is 5.12. The Morgan fingerprint density at radius 2 is 1.87 bits per heavy atom. The van der Waals surface area contributed by atoms with Crippen LogP contribution in [0.2, 0.25) is 0 Å². The number of imidazole rings is 1. The molecule has 0 aliphatic heterocycles. The van der Waals surface area contributed by atoms with E-state index in [0.717, 1.165) is 17.3 Å². The van der Waals surface area contributed by atoms with Crippen LogP contribution >= 0.6 is 0 Å². The quantitative estimate of drug-likeness (QED) is 0.469. The van der Waals surface area contributed by atoms with Crippen LogP contribution in [0.3, 0.4) is 0 Å². The van der Waals surface area contributed by atoms with Crippen molar-refractivity contribution in [2.75, 3.05) is 0 Å². The topological polar surface area (TPSA) is 60.0 Å². The summed E-state index contributed by atoms with van der Waals surface area (Å²) in [6, 6.07) is 9.92. The number of carboxylic acids is 1. The molecule has 31 heavy (non-hydrogen) atoms. The summed E-state index contributed by atoms with van der Waals surface area (Å²) in [6.07, 6.45) is 5.43. The van der Waals surface area contributed by atoms with Crippen LogP contribution in [-0.4, -0.2) is 25.2 Å². The van der Waals surface area contributed by atoms with Gasteiger partial charge in [-0.25, -0.2) is 13.8 Å². The van der Waals surface area contributed by atoms with Crippen molar-refractivity contribution in [3.05, 3.63) is 83.6 Å². The van der Waals surface area contributed by atoms with E-state index in [1.54, 1.807) is 37.9 Å². The van der Waals surface area contributed by atoms with Crippen molar-refractivity contribution >= 4 is 16.9 Å². The summed E-state index contributed by atoms with van der Waals surface area (Å²) >= 11 is 0. The van der Waals surface area contributed by atoms with E-state index < -0.39 is 23.0 Å². The molecule has 4 rings (SSSR count). The van der Waals surface area contributed by atoms with Crippen LogP contribution < -0.4 is 0 Å². The zero-order valence-corrected chi connectivity index (χ0v) is 17.6. The summed E-state index contributed by atoms with van der Waals surface area (Å²) in [6.45, 7) is 5.39. The third-order valence-electron chi connectivity index (χ3n) is 5.73. The number of carbonyl (C=O) groups is 1. The number of carboxylic acid groups (broad SMARTS) is 1. The van der Waals surface area contributed by atoms with E-state index in [-0.39, 0.29) is 11.9 Å². The van der Waals surface area contributed by atoms with Gasteiger partial charge in [0.1, 0.15) is 11.6 Å². The molecule has 0 spiro atoms. The second-order valence-corrected chi connectivity index (χ2v) is 8.44. The molecule has 2 aromatic heterocycles. The van der Waals surface area contributed by atoms with E-state index >= 15 is 0 Å². The number of aromatic nitrogens is 3. The maximum atomic E-state index is 14.9. The van der Waals surface area contributed by atoms with Crippen molar-refractivity contribution < 1.29 is 18.7 Å². The number of aliphatic carboxylic acids is 1. The van der Waals surface area contributed by atoms with Crippen molar-refractivity contribution in [1.29, 1.82) is 0 Å². The van der Waals surface area contributed by atoms with E-state index in [4.69, 9.17) is 0 Å². The Morgan fingerprint density at radius 3 is 2.48 bits per heavy atom. The fourth-order valence-electron chi connectivity index (χ4n) is 3.88. The molecule has 5 nitrogen and oxygen atoms in total. The summed E-state index contributed by atoms with van der Waals surface area (Å²) in [5.74, 6) is -2.26. The highest BCUT2D eigenvalue weighted by atomic mass is 19.1. The number of aryl methyl sites for hydroxylation is 1. The molecule has 1 N–H and O–H groups in total. The lowest BCUT2D eigenvalue weighted by molar-refractivity contribution is -0.146. The minimum atomic E-state index is -1.06. The van der Waals surface area contributed by atoms with Gasteiger partial charge in [0.2, 0.25) is 0 Å². The van der Waals surface area contributed by atoms with Gasteiger partial charge in [-0.3, -0.25) is 4.79 Å². The second kappa shape index (κ2) is 7.65. The van der Waals surface area contributed by atoms with Crippen molar-refractivity contribution in [3.63, 3.8) is 0 Å². The molecule has 0 saturated carbocycles. The highest BCUT2D eigenvalue weighted by Crippen LogP contribution is 2.34. The number of hydrogen-bond acceptors (Lipinski definition) is 2. The van der Waals surface area contributed by atoms with Gasteiger partial charge >= 0.3 is 5.97 Å². The molecule has 0 bridgehead atoms. The standard InChI is InChI=1S/C24H23F2N3O2/c1-15-19-10-17(25)11-20(26)22(19)29(21(15)12-24(2,3)23(30)31)13-16-4-6-18(7-5-16)28-9-8-27-14-28/h4-11,14H,12-13H2,1-3H3,(H,30,31). The lowest BCUT2D eigenvalue weighted by Gasteiger charge is -2.21. The van der Waals surface area contributed by atoms with Gasteiger partial charge < -0.3 is 14.2 Å². The smallest absolute Gasteiger partial charge is 0.309 e. The first kappa shape index (κ1) is 20.8. The molecule has 0 aliphatic rings. The molecule has 0 aliphatic carbocycles. The maximum absolute atomic E-state index is 14.9. The van der Waals surface area contributed by atoms with Crippen molar-refractivity contribution in [3.8, 4) is 5.69 Å². The van der Waals surface area contributed by atoms with E-state index in [2.05, 4.69) is 4.98 Å². The number of hydrogen-bond donors (Lipinski definition) is 1. The fraction of sp³-hybridized carbons (Fsp3) is 0.250. The Labute approximate surface area is 178 Å². The van der Waals surface area contributed by atoms with Crippen LogP contribution in [0, 0.1) is 24.0 Å². The van der Waals surface area contributed by atoms with Gasteiger partial charge in [-0.1, -0.05) is 12.1 Å². The van der Waals surface area contributed by atoms with Crippen LogP contribution in [0.1, 0.15) is 30.7 Å². The van der Waals surface area contributed by atoms with E-state index in [1.807, 2.05) is 35.0 Å². The molecule has 0 amide bonds. The molecule has 0 atom stereocenters. The minimum Gasteiger partial charge on any atom is -0.481 e. The predicted molar refractivity (Wildman–Crippen MR) is 114 cm³/mol. The first-order chi connectivity index (χ1) is 14.7. The number of benzene rings is 2. The van der Waals surface area contributed by atoms with E-state index in [1.165, 1.54) is 6.07 Å². The van der Waals surface area contributed by atoms with E-state index in [9.17, 15) is 18.7 Å². The molecular formula is C24H23F2N3O2. The molecule has 2 heterocycles. The Bertz CT molecular complexity index is 1260. The van der Waals surface area contributed by atoms with Gasteiger partial charge in [0.25, 0.3) is 0 Å². The highest BCUT2D eigenvalue weighted by Gasteiger charge is 2.31. The van der Waals surface area contributed by atoms with Crippen LogP contribution in [0.25, 0.3) is 16.6 Å². The summed E-state index contributed by atoms with van der Waals surface area (Å²) in [5.41, 5.74) is 2.46. The van der Waals surface area contributed by atoms with E-state index in [0.29, 0.717) is 23.2 Å².